The molecule has 2 heteroatoms. The molecule has 2 nitrogen and oxygen atoms in total. The summed E-state index contributed by atoms with van der Waals surface area (Å²) in [5.41, 5.74) is 1.53. The van der Waals surface area contributed by atoms with Crippen molar-refractivity contribution in [2.24, 2.45) is 0 Å². The van der Waals surface area contributed by atoms with Crippen LogP contribution in [0.1, 0.15) is 51.5 Å². The maximum atomic E-state index is 5.53. The van der Waals surface area contributed by atoms with Crippen molar-refractivity contribution in [3.8, 4) is 0 Å². The van der Waals surface area contributed by atoms with E-state index < -0.39 is 0 Å². The molecule has 112 valence electrons. The van der Waals surface area contributed by atoms with Crippen LogP contribution in [0.15, 0.2) is 18.2 Å². The van der Waals surface area contributed by atoms with Crippen LogP contribution in [0, 0.1) is 10.4 Å². The minimum Gasteiger partial charge on any atom is -0.376 e. The summed E-state index contributed by atoms with van der Waals surface area (Å²) in [6.45, 7) is 6.82. The quantitative estimate of drug-likeness (QED) is 0.735. The number of aryl methyl sites for hydroxylation is 1. The lowest BCUT2D eigenvalue weighted by Gasteiger charge is -2.22. The van der Waals surface area contributed by atoms with E-state index in [0.717, 1.165) is 19.8 Å². The van der Waals surface area contributed by atoms with Crippen molar-refractivity contribution in [3.63, 3.8) is 0 Å². The number of benzene rings is 1. The fraction of sp³-hybridized carbons (Fsp3) is 0.667. The zero-order valence-electron chi connectivity index (χ0n) is 13.0. The van der Waals surface area contributed by atoms with E-state index in [0.29, 0.717) is 6.10 Å². The van der Waals surface area contributed by atoms with E-state index in [2.05, 4.69) is 32.0 Å². The molecular weight excluding hydrogens is 248 g/mol. The zero-order valence-corrected chi connectivity index (χ0v) is 13.0. The van der Waals surface area contributed by atoms with E-state index in [1.807, 2.05) is 0 Å². The summed E-state index contributed by atoms with van der Waals surface area (Å²) in [7, 11) is 0. The number of hydrogen-bond donors (Lipinski definition) is 0. The molecule has 3 aliphatic rings. The monoisotopic (exact) mass is 276 g/mol. The molecule has 1 heterocycles. The van der Waals surface area contributed by atoms with Gasteiger partial charge in [-0.3, -0.25) is 0 Å². The third kappa shape index (κ3) is 4.32. The second kappa shape index (κ2) is 8.43. The van der Waals surface area contributed by atoms with Crippen molar-refractivity contribution in [1.82, 2.24) is 0 Å². The fourth-order valence-corrected chi connectivity index (χ4v) is 2.66. The Bertz CT molecular complexity index is 475. The maximum Gasteiger partial charge on any atom is 0.0809 e. The van der Waals surface area contributed by atoms with Gasteiger partial charge < -0.3 is 9.47 Å². The van der Waals surface area contributed by atoms with Gasteiger partial charge in [0.25, 0.3) is 0 Å². The highest BCUT2D eigenvalue weighted by molar-refractivity contribution is 5.33. The molecule has 0 spiro atoms. The molecule has 0 N–H and O–H groups in total. The standard InChI is InChI=1S/C10H20O2.C8H8/c1-2-3-4-5-6-10-9-11-7-8-12-10;1-2-6-5-7-3-4-8(6)7/h10H,2-9H2,1H3;3-5H,2H2,1H3. The molecule has 1 unspecified atom stereocenters. The van der Waals surface area contributed by atoms with Crippen molar-refractivity contribution in [2.75, 3.05) is 19.8 Å². The maximum absolute atomic E-state index is 5.53. The van der Waals surface area contributed by atoms with Crippen molar-refractivity contribution < 1.29 is 9.47 Å². The molecule has 1 fully saturated rings. The zero-order chi connectivity index (χ0) is 14.2. The number of rotatable bonds is 6. The molecule has 0 aromatic carbocycles. The summed E-state index contributed by atoms with van der Waals surface area (Å²) in [6, 6.07) is 6.61. The molecule has 2 aliphatic carbocycles. The first-order chi connectivity index (χ1) is 9.85. The van der Waals surface area contributed by atoms with Crippen molar-refractivity contribution in [3.05, 3.63) is 34.2 Å². The molecule has 3 rings (SSSR count). The second-order valence-electron chi connectivity index (χ2n) is 5.64. The molecule has 0 aromatic heterocycles. The van der Waals surface area contributed by atoms with Crippen molar-refractivity contribution >= 4 is 0 Å². The Morgan fingerprint density at radius 1 is 1.10 bits per heavy atom. The predicted molar refractivity (Wildman–Crippen MR) is 82.8 cm³/mol. The van der Waals surface area contributed by atoms with Gasteiger partial charge in [-0.2, -0.15) is 0 Å². The van der Waals surface area contributed by atoms with Gasteiger partial charge in [0.05, 0.1) is 25.9 Å². The normalized spacial score (nSPS) is 19.2. The van der Waals surface area contributed by atoms with Crippen molar-refractivity contribution in [2.45, 2.75) is 58.5 Å². The molecule has 1 atom stereocenters. The molecule has 1 aliphatic heterocycles. The molecule has 0 amide bonds. The van der Waals surface area contributed by atoms with Gasteiger partial charge in [-0.1, -0.05) is 57.7 Å². The molecule has 0 radical (unpaired) electrons. The van der Waals surface area contributed by atoms with Crippen molar-refractivity contribution in [1.29, 1.82) is 0 Å². The molecule has 1 saturated heterocycles. The summed E-state index contributed by atoms with van der Waals surface area (Å²) >= 11 is 0. The second-order valence-corrected chi connectivity index (χ2v) is 5.64. The lowest BCUT2D eigenvalue weighted by molar-refractivity contribution is -0.0912. The van der Waals surface area contributed by atoms with Gasteiger partial charge in [0.2, 0.25) is 0 Å². The van der Waals surface area contributed by atoms with Crippen LogP contribution in [-0.2, 0) is 15.9 Å². The van der Waals surface area contributed by atoms with Crippen LogP contribution in [-0.4, -0.2) is 25.9 Å². The highest BCUT2D eigenvalue weighted by Crippen LogP contribution is 2.15. The van der Waals surface area contributed by atoms with Crippen LogP contribution in [0.5, 0.6) is 0 Å². The summed E-state index contributed by atoms with van der Waals surface area (Å²) in [4.78, 5) is 0. The third-order valence-corrected chi connectivity index (χ3v) is 4.06. The van der Waals surface area contributed by atoms with E-state index in [-0.39, 0.29) is 0 Å². The summed E-state index contributed by atoms with van der Waals surface area (Å²) in [5.74, 6) is 0. The highest BCUT2D eigenvalue weighted by Gasteiger charge is 2.12. The predicted octanol–water partition coefficient (Wildman–Crippen LogP) is 4.22. The Labute approximate surface area is 122 Å². The average molecular weight is 276 g/mol. The van der Waals surface area contributed by atoms with Gasteiger partial charge >= 0.3 is 0 Å². The van der Waals surface area contributed by atoms with Gasteiger partial charge in [0.1, 0.15) is 0 Å². The number of unbranched alkanes of at least 4 members (excludes halogenated alkanes) is 3. The van der Waals surface area contributed by atoms with Crippen LogP contribution in [0.3, 0.4) is 0 Å². The van der Waals surface area contributed by atoms with E-state index in [4.69, 9.17) is 9.47 Å². The average Bonchev–Trinajstić information content (AvgIpc) is 2.48. The minimum atomic E-state index is 0.385. The smallest absolute Gasteiger partial charge is 0.0809 e. The minimum absolute atomic E-state index is 0.385. The van der Waals surface area contributed by atoms with Crippen LogP contribution in [0.25, 0.3) is 0 Å². The first-order valence-corrected chi connectivity index (χ1v) is 8.17. The van der Waals surface area contributed by atoms with E-state index in [1.54, 1.807) is 0 Å². The van der Waals surface area contributed by atoms with E-state index in [1.165, 1.54) is 54.5 Å². The fourth-order valence-electron chi connectivity index (χ4n) is 2.66. The number of ether oxygens (including phenoxy) is 2. The molecule has 20 heavy (non-hydrogen) atoms. The Kier molecular flexibility index (Phi) is 6.55. The van der Waals surface area contributed by atoms with E-state index >= 15 is 0 Å². The summed E-state index contributed by atoms with van der Waals surface area (Å²) in [6.07, 6.45) is 8.06. The molecule has 0 aromatic rings. The Balaban J connectivity index is 0.000000157. The first kappa shape index (κ1) is 15.5. The molecular formula is C18H28O2. The largest absolute Gasteiger partial charge is 0.376 e. The Hall–Kier alpha value is -0.860. The van der Waals surface area contributed by atoms with Gasteiger partial charge in [0.15, 0.2) is 0 Å². The Morgan fingerprint density at radius 2 is 2.00 bits per heavy atom. The van der Waals surface area contributed by atoms with Crippen LogP contribution >= 0.6 is 0 Å². The van der Waals surface area contributed by atoms with Gasteiger partial charge in [0, 0.05) is 0 Å². The van der Waals surface area contributed by atoms with E-state index in [9.17, 15) is 0 Å². The van der Waals surface area contributed by atoms with Crippen LogP contribution in [0.2, 0.25) is 0 Å². The Morgan fingerprint density at radius 3 is 2.45 bits per heavy atom. The summed E-state index contributed by atoms with van der Waals surface area (Å²) < 4.78 is 10.8. The van der Waals surface area contributed by atoms with Crippen LogP contribution < -0.4 is 0 Å². The lowest BCUT2D eigenvalue weighted by Crippen LogP contribution is -2.28. The SMILES string of the molecule is CCCCCCC1COCCO1.CCc1cc2ccc1=2. The summed E-state index contributed by atoms with van der Waals surface area (Å²) in [5, 5.41) is 2.97. The third-order valence-electron chi connectivity index (χ3n) is 4.06. The van der Waals surface area contributed by atoms with Gasteiger partial charge in [-0.05, 0) is 28.8 Å². The van der Waals surface area contributed by atoms with Gasteiger partial charge in [-0.25, -0.2) is 0 Å². The van der Waals surface area contributed by atoms with Crippen LogP contribution in [0.4, 0.5) is 0 Å². The molecule has 0 saturated carbocycles. The molecule has 0 bridgehead atoms. The first-order valence-electron chi connectivity index (χ1n) is 8.17. The number of hydrogen-bond acceptors (Lipinski definition) is 2. The van der Waals surface area contributed by atoms with Gasteiger partial charge in [-0.15, -0.1) is 0 Å². The lowest BCUT2D eigenvalue weighted by atomic mass is 9.98. The highest BCUT2D eigenvalue weighted by atomic mass is 16.6. The topological polar surface area (TPSA) is 18.5 Å².